The first-order chi connectivity index (χ1) is 8.11. The van der Waals surface area contributed by atoms with E-state index < -0.39 is 5.97 Å². The molecule has 0 bridgehead atoms. The number of aliphatic carboxylic acids is 1. The van der Waals surface area contributed by atoms with Gasteiger partial charge in [0.1, 0.15) is 0 Å². The highest BCUT2D eigenvalue weighted by Gasteiger charge is 2.08. The molecule has 3 heteroatoms. The first-order valence-corrected chi connectivity index (χ1v) is 5.54. The minimum Gasteiger partial charge on any atom is -0.481 e. The maximum Gasteiger partial charge on any atom is 0.303 e. The molecule has 88 valence electrons. The van der Waals surface area contributed by atoms with Crippen molar-refractivity contribution in [3.63, 3.8) is 0 Å². The highest BCUT2D eigenvalue weighted by Crippen LogP contribution is 2.23. The van der Waals surface area contributed by atoms with Gasteiger partial charge in [0.25, 0.3) is 0 Å². The van der Waals surface area contributed by atoms with Crippen molar-refractivity contribution in [2.75, 3.05) is 0 Å². The second-order valence-electron chi connectivity index (χ2n) is 4.14. The molecule has 17 heavy (non-hydrogen) atoms. The van der Waals surface area contributed by atoms with Crippen LogP contribution in [0, 0.1) is 0 Å². The average Bonchev–Trinajstić information content (AvgIpc) is 2.63. The Hall–Kier alpha value is -2.03. The van der Waals surface area contributed by atoms with Crippen LogP contribution in [0.3, 0.4) is 0 Å². The van der Waals surface area contributed by atoms with E-state index in [0.717, 1.165) is 22.0 Å². The van der Waals surface area contributed by atoms with Crippen molar-refractivity contribution in [2.45, 2.75) is 12.8 Å². The SMILES string of the molecule is C=Cc1ccc2c(c1)c(CCC(=O)O)cn2C. The first kappa shape index (κ1) is 11.5. The summed E-state index contributed by atoms with van der Waals surface area (Å²) in [5, 5.41) is 9.85. The summed E-state index contributed by atoms with van der Waals surface area (Å²) in [4.78, 5) is 10.6. The number of carbonyl (C=O) groups is 1. The first-order valence-electron chi connectivity index (χ1n) is 5.54. The number of carboxylic acids is 1. The number of rotatable bonds is 4. The molecule has 0 aliphatic heterocycles. The van der Waals surface area contributed by atoms with E-state index in [2.05, 4.69) is 12.6 Å². The van der Waals surface area contributed by atoms with Crippen LogP contribution >= 0.6 is 0 Å². The third-order valence-electron chi connectivity index (χ3n) is 2.94. The summed E-state index contributed by atoms with van der Waals surface area (Å²) in [5.41, 5.74) is 3.25. The Morgan fingerprint density at radius 1 is 1.53 bits per heavy atom. The summed E-state index contributed by atoms with van der Waals surface area (Å²) in [7, 11) is 1.97. The summed E-state index contributed by atoms with van der Waals surface area (Å²) in [6.07, 6.45) is 4.53. The number of aryl methyl sites for hydroxylation is 2. The number of carboxylic acid groups (broad SMARTS) is 1. The van der Waals surface area contributed by atoms with Gasteiger partial charge in [-0.3, -0.25) is 4.79 Å². The Balaban J connectivity index is 2.47. The molecule has 0 radical (unpaired) electrons. The fourth-order valence-electron chi connectivity index (χ4n) is 2.06. The summed E-state index contributed by atoms with van der Waals surface area (Å²) in [6, 6.07) is 6.10. The molecule has 1 N–H and O–H groups in total. The number of hydrogen-bond donors (Lipinski definition) is 1. The van der Waals surface area contributed by atoms with Crippen LogP contribution < -0.4 is 0 Å². The maximum atomic E-state index is 10.6. The summed E-state index contributed by atoms with van der Waals surface area (Å²) in [5.74, 6) is -0.762. The third kappa shape index (κ3) is 2.23. The molecule has 0 unspecified atom stereocenters. The molecule has 1 heterocycles. The smallest absolute Gasteiger partial charge is 0.303 e. The minimum atomic E-state index is -0.762. The lowest BCUT2D eigenvalue weighted by Crippen LogP contribution is -1.96. The zero-order chi connectivity index (χ0) is 12.4. The molecular weight excluding hydrogens is 214 g/mol. The second-order valence-corrected chi connectivity index (χ2v) is 4.14. The zero-order valence-corrected chi connectivity index (χ0v) is 9.81. The van der Waals surface area contributed by atoms with Gasteiger partial charge in [-0.05, 0) is 29.7 Å². The van der Waals surface area contributed by atoms with Crippen LogP contribution in [0.25, 0.3) is 17.0 Å². The minimum absolute atomic E-state index is 0.164. The molecule has 0 saturated carbocycles. The van der Waals surface area contributed by atoms with E-state index >= 15 is 0 Å². The van der Waals surface area contributed by atoms with Gasteiger partial charge in [0.05, 0.1) is 0 Å². The number of nitrogens with zero attached hydrogens (tertiary/aromatic N) is 1. The Labute approximate surface area is 100.0 Å². The molecule has 0 amide bonds. The lowest BCUT2D eigenvalue weighted by molar-refractivity contribution is -0.136. The van der Waals surface area contributed by atoms with Crippen LogP contribution in [0.15, 0.2) is 31.0 Å². The normalized spacial score (nSPS) is 10.6. The predicted molar refractivity (Wildman–Crippen MR) is 69.0 cm³/mol. The van der Waals surface area contributed by atoms with E-state index in [1.54, 1.807) is 6.08 Å². The van der Waals surface area contributed by atoms with Crippen LogP contribution in [0.5, 0.6) is 0 Å². The fraction of sp³-hybridized carbons (Fsp3) is 0.214. The molecule has 0 spiro atoms. The molecule has 1 aromatic heterocycles. The van der Waals surface area contributed by atoms with Gasteiger partial charge in [-0.25, -0.2) is 0 Å². The van der Waals surface area contributed by atoms with Crippen LogP contribution in [0.1, 0.15) is 17.5 Å². The Morgan fingerprint density at radius 3 is 2.94 bits per heavy atom. The third-order valence-corrected chi connectivity index (χ3v) is 2.94. The molecule has 0 aliphatic carbocycles. The lowest BCUT2D eigenvalue weighted by Gasteiger charge is -1.99. The molecular formula is C14H15NO2. The Bertz CT molecular complexity index is 581. The van der Waals surface area contributed by atoms with Crippen molar-refractivity contribution in [1.82, 2.24) is 4.57 Å². The highest BCUT2D eigenvalue weighted by atomic mass is 16.4. The van der Waals surface area contributed by atoms with Crippen molar-refractivity contribution in [1.29, 1.82) is 0 Å². The van der Waals surface area contributed by atoms with Crippen molar-refractivity contribution in [2.24, 2.45) is 7.05 Å². The number of hydrogen-bond acceptors (Lipinski definition) is 1. The van der Waals surface area contributed by atoms with E-state index in [9.17, 15) is 4.79 Å². The summed E-state index contributed by atoms with van der Waals surface area (Å²) in [6.45, 7) is 3.75. The predicted octanol–water partition coefficient (Wildman–Crippen LogP) is 2.84. The van der Waals surface area contributed by atoms with Crippen LogP contribution in [-0.2, 0) is 18.3 Å². The van der Waals surface area contributed by atoms with Gasteiger partial charge in [-0.15, -0.1) is 0 Å². The van der Waals surface area contributed by atoms with Crippen molar-refractivity contribution in [3.8, 4) is 0 Å². The molecule has 1 aromatic carbocycles. The number of aromatic nitrogens is 1. The van der Waals surface area contributed by atoms with Gasteiger partial charge in [-0.1, -0.05) is 18.7 Å². The fourth-order valence-corrected chi connectivity index (χ4v) is 2.06. The summed E-state index contributed by atoms with van der Waals surface area (Å²) < 4.78 is 2.03. The van der Waals surface area contributed by atoms with E-state index in [4.69, 9.17) is 5.11 Å². The van der Waals surface area contributed by atoms with Crippen molar-refractivity contribution < 1.29 is 9.90 Å². The molecule has 2 rings (SSSR count). The Morgan fingerprint density at radius 2 is 2.29 bits per heavy atom. The average molecular weight is 229 g/mol. The monoisotopic (exact) mass is 229 g/mol. The van der Waals surface area contributed by atoms with E-state index in [-0.39, 0.29) is 6.42 Å². The molecule has 2 aromatic rings. The molecule has 0 aliphatic rings. The largest absolute Gasteiger partial charge is 0.481 e. The van der Waals surface area contributed by atoms with Gasteiger partial charge >= 0.3 is 5.97 Å². The van der Waals surface area contributed by atoms with Crippen molar-refractivity contribution >= 4 is 22.9 Å². The number of fused-ring (bicyclic) bond motifs is 1. The van der Waals surface area contributed by atoms with Gasteiger partial charge in [0, 0.05) is 30.6 Å². The van der Waals surface area contributed by atoms with Crippen LogP contribution in [-0.4, -0.2) is 15.6 Å². The molecule has 0 saturated heterocycles. The van der Waals surface area contributed by atoms with E-state index in [1.807, 2.05) is 29.9 Å². The summed E-state index contributed by atoms with van der Waals surface area (Å²) >= 11 is 0. The van der Waals surface area contributed by atoms with Gasteiger partial charge in [0.2, 0.25) is 0 Å². The maximum absolute atomic E-state index is 10.6. The van der Waals surface area contributed by atoms with Crippen molar-refractivity contribution in [3.05, 3.63) is 42.1 Å². The van der Waals surface area contributed by atoms with E-state index in [0.29, 0.717) is 6.42 Å². The van der Waals surface area contributed by atoms with E-state index in [1.165, 1.54) is 0 Å². The molecule has 0 fully saturated rings. The highest BCUT2D eigenvalue weighted by molar-refractivity contribution is 5.86. The van der Waals surface area contributed by atoms with Gasteiger partial charge in [-0.2, -0.15) is 0 Å². The Kier molecular flexibility index (Phi) is 3.00. The lowest BCUT2D eigenvalue weighted by atomic mass is 10.1. The number of benzene rings is 1. The zero-order valence-electron chi connectivity index (χ0n) is 9.81. The van der Waals surface area contributed by atoms with Gasteiger partial charge in [0.15, 0.2) is 0 Å². The quantitative estimate of drug-likeness (QED) is 0.876. The van der Waals surface area contributed by atoms with Crippen LogP contribution in [0.4, 0.5) is 0 Å². The standard InChI is InChI=1S/C14H15NO2/c1-3-10-4-6-13-12(8-10)11(9-15(13)2)5-7-14(16)17/h3-4,6,8-9H,1,5,7H2,2H3,(H,16,17). The van der Waals surface area contributed by atoms with Crippen LogP contribution in [0.2, 0.25) is 0 Å². The second kappa shape index (κ2) is 4.45. The topological polar surface area (TPSA) is 42.2 Å². The van der Waals surface area contributed by atoms with Gasteiger partial charge < -0.3 is 9.67 Å². The molecule has 3 nitrogen and oxygen atoms in total. The molecule has 0 atom stereocenters.